The maximum Gasteiger partial charge on any atom is 0.408 e. The fraction of sp³-hybridized carbons (Fsp3) is 0.651. The van der Waals surface area contributed by atoms with Gasteiger partial charge in [-0.3, -0.25) is 19.1 Å². The summed E-state index contributed by atoms with van der Waals surface area (Å²) in [4.78, 5) is 63.1. The van der Waals surface area contributed by atoms with Crippen molar-refractivity contribution in [1.29, 1.82) is 0 Å². The molecule has 2 aliphatic heterocycles. The van der Waals surface area contributed by atoms with E-state index in [9.17, 15) is 31.6 Å². The Morgan fingerprint density at radius 1 is 1.10 bits per heavy atom. The highest BCUT2D eigenvalue weighted by Crippen LogP contribution is 2.48. The topological polar surface area (TPSA) is 201 Å². The smallest absolute Gasteiger partial charge is 0.408 e. The third-order valence-electron chi connectivity index (χ3n) is 12.7. The van der Waals surface area contributed by atoms with Crippen LogP contribution in [-0.4, -0.2) is 116 Å². The van der Waals surface area contributed by atoms with Gasteiger partial charge in [-0.1, -0.05) is 19.1 Å². The molecule has 2 aliphatic carbocycles. The number of amides is 4. The van der Waals surface area contributed by atoms with Crippen LogP contribution in [0, 0.1) is 17.8 Å². The molecular formula is C43H59F2N5O11S. The molecule has 2 aromatic rings. The molecule has 7 atom stereocenters. The maximum absolute atomic E-state index is 15.1. The molecule has 0 bridgehead atoms. The number of alkyl carbamates (subject to hydrolysis) is 1. The summed E-state index contributed by atoms with van der Waals surface area (Å²) in [6, 6.07) is 2.47. The average molecular weight is 892 g/mol. The normalized spacial score (nSPS) is 28.3. The van der Waals surface area contributed by atoms with Crippen LogP contribution >= 0.6 is 0 Å². The molecule has 0 spiro atoms. The van der Waals surface area contributed by atoms with Gasteiger partial charge >= 0.3 is 6.09 Å². The minimum absolute atomic E-state index is 0.0286. The van der Waals surface area contributed by atoms with Gasteiger partial charge in [0.1, 0.15) is 35.2 Å². The Morgan fingerprint density at radius 3 is 2.47 bits per heavy atom. The van der Waals surface area contributed by atoms with E-state index in [4.69, 9.17) is 23.7 Å². The van der Waals surface area contributed by atoms with Gasteiger partial charge in [0.05, 0.1) is 37.8 Å². The zero-order valence-corrected chi connectivity index (χ0v) is 37.4. The van der Waals surface area contributed by atoms with E-state index < -0.39 is 85.7 Å². The van der Waals surface area contributed by atoms with Crippen LogP contribution in [0.2, 0.25) is 0 Å². The molecule has 1 aromatic carbocycles. The first-order valence-electron chi connectivity index (χ1n) is 21.1. The van der Waals surface area contributed by atoms with E-state index in [2.05, 4.69) is 20.3 Å². The predicted octanol–water partition coefficient (Wildman–Crippen LogP) is 5.03. The fourth-order valence-corrected chi connectivity index (χ4v) is 9.40. The number of allylic oxidation sites excluding steroid dienone is 1. The molecule has 1 unspecified atom stereocenters. The lowest BCUT2D eigenvalue weighted by molar-refractivity contribution is -0.152. The summed E-state index contributed by atoms with van der Waals surface area (Å²) in [5.74, 6) is -5.98. The second-order valence-electron chi connectivity index (χ2n) is 17.9. The number of pyridine rings is 1. The molecule has 2 saturated carbocycles. The highest BCUT2D eigenvalue weighted by Gasteiger charge is 2.63. The molecule has 0 radical (unpaired) electrons. The predicted molar refractivity (Wildman–Crippen MR) is 223 cm³/mol. The van der Waals surface area contributed by atoms with Crippen LogP contribution in [0.4, 0.5) is 13.6 Å². The van der Waals surface area contributed by atoms with Crippen LogP contribution in [0.3, 0.4) is 0 Å². The number of rotatable bonds is 13. The number of sulfonamides is 1. The summed E-state index contributed by atoms with van der Waals surface area (Å²) in [5.41, 5.74) is -3.91. The maximum atomic E-state index is 15.1. The number of benzene rings is 1. The highest BCUT2D eigenvalue weighted by atomic mass is 32.2. The summed E-state index contributed by atoms with van der Waals surface area (Å²) in [7, 11) is -1.12. The van der Waals surface area contributed by atoms with Crippen LogP contribution < -0.4 is 29.6 Å². The summed E-state index contributed by atoms with van der Waals surface area (Å²) in [5, 5.41) is 6.58. The number of methoxy groups -OCH3 is 2. The largest absolute Gasteiger partial charge is 0.497 e. The molecule has 4 amide bonds. The molecule has 342 valence electrons. The highest BCUT2D eigenvalue weighted by molar-refractivity contribution is 7.91. The minimum atomic E-state index is -4.08. The number of carbonyl (C=O) groups excluding carboxylic acids is 4. The molecule has 62 heavy (non-hydrogen) atoms. The van der Waals surface area contributed by atoms with Gasteiger partial charge in [-0.25, -0.2) is 27.0 Å². The van der Waals surface area contributed by atoms with E-state index in [0.717, 1.165) is 13.8 Å². The Hall–Kier alpha value is -4.78. The third-order valence-corrected chi connectivity index (χ3v) is 14.9. The lowest BCUT2D eigenvalue weighted by Gasteiger charge is -2.35. The van der Waals surface area contributed by atoms with Gasteiger partial charge in [-0.15, -0.1) is 0 Å². The van der Waals surface area contributed by atoms with Crippen molar-refractivity contribution >= 4 is 44.6 Å². The van der Waals surface area contributed by atoms with Crippen LogP contribution in [-0.2, 0) is 33.9 Å². The third kappa shape index (κ3) is 9.72. The molecule has 1 saturated heterocycles. The standard InChI is InChI=1S/C43H59F2N5O11S/c1-9-59-33-22-46-36(30-15-14-28(58-8)19-31(30)33)60-29-20-32-35(51)48-43(38(53)49-62(55,56)41(5)16-17-41)21-27(43)13-11-10-12-25(2)18-26(24-57-7)34(37(52)50(32)23-29)47-39(54)61-40(3,4)42(6,44)45/h11,13-15,19,22,25-27,29,32,34H,9-10,12,16-18,20-21,23-24H2,1-8H3,(H,47,54)(H,48,51)(H,49,53)/b13-11-/t25-,26+,27?,29-,32+,34+,43-/m1/s1. The quantitative estimate of drug-likeness (QED) is 0.227. The van der Waals surface area contributed by atoms with E-state index in [-0.39, 0.29) is 37.8 Å². The average Bonchev–Trinajstić information content (AvgIpc) is 4.08. The van der Waals surface area contributed by atoms with Gasteiger partial charge in [-0.05, 0) is 90.3 Å². The Balaban J connectivity index is 1.39. The summed E-state index contributed by atoms with van der Waals surface area (Å²) in [6.07, 6.45) is 5.27. The van der Waals surface area contributed by atoms with E-state index >= 15 is 4.79 Å². The SMILES string of the molecule is CCOc1cnc(O[C@@H]2C[C@H]3C(=O)N[C@]4(C(=O)NS(=O)(=O)C5(C)CC5)CC4/C=C\CC[C@@H](C)C[C@@H](COC)[C@H](NC(=O)OC(C)(C)C(C)(F)F)C(=O)N3C2)c2ccc(OC)cc12. The number of carbonyl (C=O) groups is 4. The number of hydrogen-bond donors (Lipinski definition) is 3. The Bertz CT molecular complexity index is 2180. The van der Waals surface area contributed by atoms with E-state index in [1.807, 2.05) is 19.9 Å². The molecule has 1 aromatic heterocycles. The van der Waals surface area contributed by atoms with Gasteiger partial charge in [0.15, 0.2) is 5.60 Å². The Labute approximate surface area is 361 Å². The van der Waals surface area contributed by atoms with E-state index in [0.29, 0.717) is 67.9 Å². The Kier molecular flexibility index (Phi) is 13.4. The van der Waals surface area contributed by atoms with Crippen molar-refractivity contribution in [2.75, 3.05) is 34.0 Å². The molecule has 3 fully saturated rings. The van der Waals surface area contributed by atoms with Gasteiger partial charge in [0, 0.05) is 43.1 Å². The first-order chi connectivity index (χ1) is 29.1. The summed E-state index contributed by atoms with van der Waals surface area (Å²) >= 11 is 0. The number of fused-ring (bicyclic) bond motifs is 3. The van der Waals surface area contributed by atoms with Crippen LogP contribution in [0.25, 0.3) is 10.8 Å². The summed E-state index contributed by atoms with van der Waals surface area (Å²) < 4.78 is 85.3. The van der Waals surface area contributed by atoms with Gasteiger partial charge < -0.3 is 39.2 Å². The van der Waals surface area contributed by atoms with E-state index in [1.165, 1.54) is 25.3 Å². The number of aromatic nitrogens is 1. The zero-order chi connectivity index (χ0) is 45.4. The lowest BCUT2D eigenvalue weighted by Crippen LogP contribution is -2.60. The van der Waals surface area contributed by atoms with Gasteiger partial charge in [0.25, 0.3) is 11.8 Å². The van der Waals surface area contributed by atoms with Crippen molar-refractivity contribution in [2.24, 2.45) is 17.8 Å². The fourth-order valence-electron chi connectivity index (χ4n) is 8.09. The van der Waals surface area contributed by atoms with E-state index in [1.54, 1.807) is 31.2 Å². The number of nitrogens with one attached hydrogen (secondary N) is 3. The van der Waals surface area contributed by atoms with Crippen LogP contribution in [0.5, 0.6) is 17.4 Å². The second kappa shape index (κ2) is 17.8. The Morgan fingerprint density at radius 2 is 1.82 bits per heavy atom. The van der Waals surface area contributed by atoms with Crippen molar-refractivity contribution in [3.63, 3.8) is 0 Å². The van der Waals surface area contributed by atoms with Gasteiger partial charge in [0.2, 0.25) is 27.7 Å². The molecule has 6 rings (SSSR count). The van der Waals surface area contributed by atoms with Crippen molar-refractivity contribution < 1.29 is 60.1 Å². The molecule has 3 heterocycles. The number of halogens is 2. The second-order valence-corrected chi connectivity index (χ2v) is 20.1. The van der Waals surface area contributed by atoms with Crippen molar-refractivity contribution in [1.82, 2.24) is 25.2 Å². The molecule has 16 nitrogen and oxygen atoms in total. The first-order valence-corrected chi connectivity index (χ1v) is 22.5. The molecule has 3 N–H and O–H groups in total. The lowest BCUT2D eigenvalue weighted by atomic mass is 9.87. The monoisotopic (exact) mass is 891 g/mol. The number of nitrogens with zero attached hydrogens (tertiary/aromatic N) is 2. The number of alkyl halides is 2. The zero-order valence-electron chi connectivity index (χ0n) is 36.5. The van der Waals surface area contributed by atoms with Crippen LogP contribution in [0.15, 0.2) is 36.5 Å². The minimum Gasteiger partial charge on any atom is -0.497 e. The number of hydrogen-bond acceptors (Lipinski definition) is 12. The number of ether oxygens (including phenoxy) is 5. The van der Waals surface area contributed by atoms with Crippen LogP contribution in [0.1, 0.15) is 86.5 Å². The van der Waals surface area contributed by atoms with Crippen molar-refractivity contribution in [2.45, 2.75) is 126 Å². The summed E-state index contributed by atoms with van der Waals surface area (Å²) in [6.45, 7) is 8.19. The van der Waals surface area contributed by atoms with Crippen molar-refractivity contribution in [3.8, 4) is 17.4 Å². The first kappa shape index (κ1) is 46.7. The molecule has 19 heteroatoms. The van der Waals surface area contributed by atoms with Gasteiger partial charge in [-0.2, -0.15) is 0 Å². The molecular weight excluding hydrogens is 833 g/mol. The molecule has 4 aliphatic rings. The van der Waals surface area contributed by atoms with Crippen molar-refractivity contribution in [3.05, 3.63) is 36.5 Å².